The predicted molar refractivity (Wildman–Crippen MR) is 74.5 cm³/mol. The lowest BCUT2D eigenvalue weighted by Crippen LogP contribution is -2.40. The maximum absolute atomic E-state index is 12.3. The molecule has 5 heteroatoms. The second-order valence-corrected chi connectivity index (χ2v) is 5.32. The van der Waals surface area contributed by atoms with Crippen molar-refractivity contribution in [3.63, 3.8) is 0 Å². The number of hydrogen-bond acceptors (Lipinski definition) is 3. The van der Waals surface area contributed by atoms with Crippen LogP contribution in [0.2, 0.25) is 0 Å². The van der Waals surface area contributed by atoms with E-state index < -0.39 is 0 Å². The molecule has 2 N–H and O–H groups in total. The zero-order chi connectivity index (χ0) is 13.1. The number of piperidine rings is 1. The van der Waals surface area contributed by atoms with E-state index in [-0.39, 0.29) is 12.0 Å². The minimum absolute atomic E-state index is 0.0604. The summed E-state index contributed by atoms with van der Waals surface area (Å²) < 4.78 is 6.06. The first-order valence-corrected chi connectivity index (χ1v) is 6.78. The van der Waals surface area contributed by atoms with Crippen LogP contribution in [0.4, 0.5) is 5.69 Å². The fourth-order valence-corrected chi connectivity index (χ4v) is 2.52. The molecule has 98 valence electrons. The molecule has 1 aromatic rings. The molecule has 4 nitrogen and oxygen atoms in total. The van der Waals surface area contributed by atoms with Gasteiger partial charge in [0, 0.05) is 35.9 Å². The molecule has 1 saturated heterocycles. The van der Waals surface area contributed by atoms with Crippen LogP contribution in [-0.2, 0) is 4.74 Å². The lowest BCUT2D eigenvalue weighted by Gasteiger charge is -2.31. The lowest BCUT2D eigenvalue weighted by atomic mass is 10.1. The van der Waals surface area contributed by atoms with Gasteiger partial charge in [-0.05, 0) is 47.0 Å². The zero-order valence-electron chi connectivity index (χ0n) is 10.4. The first kappa shape index (κ1) is 13.4. The number of hydrogen-bond donors (Lipinski definition) is 1. The standard InChI is InChI=1S/C13H17BrN2O2/c1-18-10-4-6-16(7-5-10)13(17)9-2-3-12(15)11(14)8-9/h2-3,8,10H,4-7,15H2,1H3. The summed E-state index contributed by atoms with van der Waals surface area (Å²) in [6.45, 7) is 1.50. The molecule has 1 fully saturated rings. The number of anilines is 1. The number of carbonyl (C=O) groups is 1. The Balaban J connectivity index is 2.05. The van der Waals surface area contributed by atoms with Crippen LogP contribution in [0, 0.1) is 0 Å². The van der Waals surface area contributed by atoms with E-state index in [1.807, 2.05) is 4.90 Å². The summed E-state index contributed by atoms with van der Waals surface area (Å²) in [7, 11) is 1.72. The fraction of sp³-hybridized carbons (Fsp3) is 0.462. The first-order chi connectivity index (χ1) is 8.61. The van der Waals surface area contributed by atoms with Crippen LogP contribution in [0.25, 0.3) is 0 Å². The number of likely N-dealkylation sites (tertiary alicyclic amines) is 1. The van der Waals surface area contributed by atoms with Crippen molar-refractivity contribution in [1.29, 1.82) is 0 Å². The van der Waals surface area contributed by atoms with Crippen molar-refractivity contribution >= 4 is 27.5 Å². The molecule has 1 aliphatic heterocycles. The largest absolute Gasteiger partial charge is 0.398 e. The van der Waals surface area contributed by atoms with E-state index in [9.17, 15) is 4.79 Å². The number of rotatable bonds is 2. The maximum Gasteiger partial charge on any atom is 0.253 e. The highest BCUT2D eigenvalue weighted by Gasteiger charge is 2.23. The molecular formula is C13H17BrN2O2. The molecule has 1 amide bonds. The Morgan fingerprint density at radius 1 is 1.44 bits per heavy atom. The van der Waals surface area contributed by atoms with Gasteiger partial charge in [-0.1, -0.05) is 0 Å². The van der Waals surface area contributed by atoms with Gasteiger partial charge in [-0.15, -0.1) is 0 Å². The summed E-state index contributed by atoms with van der Waals surface area (Å²) in [5, 5.41) is 0. The molecule has 0 aromatic heterocycles. The first-order valence-electron chi connectivity index (χ1n) is 5.99. The molecule has 0 aliphatic carbocycles. The highest BCUT2D eigenvalue weighted by molar-refractivity contribution is 9.10. The van der Waals surface area contributed by atoms with E-state index in [2.05, 4.69) is 15.9 Å². The van der Waals surface area contributed by atoms with Crippen LogP contribution in [0.3, 0.4) is 0 Å². The number of nitrogen functional groups attached to an aromatic ring is 1. The predicted octanol–water partition coefficient (Wildman–Crippen LogP) is 2.28. The third-order valence-corrected chi connectivity index (χ3v) is 4.00. The van der Waals surface area contributed by atoms with Gasteiger partial charge in [0.1, 0.15) is 0 Å². The molecule has 0 unspecified atom stereocenters. The monoisotopic (exact) mass is 312 g/mol. The number of benzene rings is 1. The van der Waals surface area contributed by atoms with Crippen molar-refractivity contribution in [1.82, 2.24) is 4.90 Å². The summed E-state index contributed by atoms with van der Waals surface area (Å²) in [5.41, 5.74) is 7.03. The van der Waals surface area contributed by atoms with Gasteiger partial charge >= 0.3 is 0 Å². The number of nitrogens with two attached hydrogens (primary N) is 1. The van der Waals surface area contributed by atoms with Gasteiger partial charge in [-0.3, -0.25) is 4.79 Å². The van der Waals surface area contributed by atoms with Crippen molar-refractivity contribution < 1.29 is 9.53 Å². The Hall–Kier alpha value is -1.07. The van der Waals surface area contributed by atoms with E-state index in [0.717, 1.165) is 30.4 Å². The van der Waals surface area contributed by atoms with Crippen molar-refractivity contribution in [3.8, 4) is 0 Å². The average molecular weight is 313 g/mol. The quantitative estimate of drug-likeness (QED) is 0.852. The summed E-state index contributed by atoms with van der Waals surface area (Å²) in [5.74, 6) is 0.0604. The van der Waals surface area contributed by atoms with Crippen LogP contribution < -0.4 is 5.73 Å². The van der Waals surface area contributed by atoms with Crippen LogP contribution >= 0.6 is 15.9 Å². The average Bonchev–Trinajstić information content (AvgIpc) is 2.41. The highest BCUT2D eigenvalue weighted by atomic mass is 79.9. The third kappa shape index (κ3) is 2.84. The summed E-state index contributed by atoms with van der Waals surface area (Å²) in [4.78, 5) is 14.2. The van der Waals surface area contributed by atoms with E-state index >= 15 is 0 Å². The van der Waals surface area contributed by atoms with Crippen molar-refractivity contribution in [3.05, 3.63) is 28.2 Å². The van der Waals surface area contributed by atoms with Crippen LogP contribution in [0.15, 0.2) is 22.7 Å². The molecule has 0 atom stereocenters. The molecule has 18 heavy (non-hydrogen) atoms. The van der Waals surface area contributed by atoms with E-state index in [1.165, 1.54) is 0 Å². The van der Waals surface area contributed by atoms with Gasteiger partial charge < -0.3 is 15.4 Å². The van der Waals surface area contributed by atoms with Gasteiger partial charge in [-0.25, -0.2) is 0 Å². The SMILES string of the molecule is COC1CCN(C(=O)c2ccc(N)c(Br)c2)CC1. The molecule has 0 radical (unpaired) electrons. The van der Waals surface area contributed by atoms with Crippen molar-refractivity contribution in [2.75, 3.05) is 25.9 Å². The smallest absolute Gasteiger partial charge is 0.253 e. The molecule has 0 saturated carbocycles. The van der Waals surface area contributed by atoms with Gasteiger partial charge in [-0.2, -0.15) is 0 Å². The molecule has 2 rings (SSSR count). The molecule has 0 bridgehead atoms. The number of nitrogens with zero attached hydrogens (tertiary/aromatic N) is 1. The Morgan fingerprint density at radius 3 is 2.67 bits per heavy atom. The van der Waals surface area contributed by atoms with Crippen LogP contribution in [0.1, 0.15) is 23.2 Å². The normalized spacial score (nSPS) is 16.9. The van der Waals surface area contributed by atoms with Gasteiger partial charge in [0.15, 0.2) is 0 Å². The Bertz CT molecular complexity index is 443. The Morgan fingerprint density at radius 2 is 2.11 bits per heavy atom. The van der Waals surface area contributed by atoms with Gasteiger partial charge in [0.05, 0.1) is 6.10 Å². The number of amides is 1. The van der Waals surface area contributed by atoms with E-state index in [0.29, 0.717) is 11.3 Å². The number of ether oxygens (including phenoxy) is 1. The van der Waals surface area contributed by atoms with Gasteiger partial charge in [0.25, 0.3) is 5.91 Å². The minimum atomic E-state index is 0.0604. The van der Waals surface area contributed by atoms with Crippen molar-refractivity contribution in [2.45, 2.75) is 18.9 Å². The second-order valence-electron chi connectivity index (χ2n) is 4.46. The number of halogens is 1. The molecule has 1 aromatic carbocycles. The molecule has 0 spiro atoms. The summed E-state index contributed by atoms with van der Waals surface area (Å²) >= 11 is 3.34. The van der Waals surface area contributed by atoms with Gasteiger partial charge in [0.2, 0.25) is 0 Å². The fourth-order valence-electron chi connectivity index (χ4n) is 2.14. The minimum Gasteiger partial charge on any atom is -0.398 e. The van der Waals surface area contributed by atoms with E-state index in [1.54, 1.807) is 25.3 Å². The third-order valence-electron chi connectivity index (χ3n) is 3.31. The lowest BCUT2D eigenvalue weighted by molar-refractivity contribution is 0.0351. The molecule has 1 aliphatic rings. The topological polar surface area (TPSA) is 55.6 Å². The zero-order valence-corrected chi connectivity index (χ0v) is 11.9. The molecule has 1 heterocycles. The van der Waals surface area contributed by atoms with Crippen LogP contribution in [0.5, 0.6) is 0 Å². The Labute approximate surface area is 115 Å². The summed E-state index contributed by atoms with van der Waals surface area (Å²) in [6.07, 6.45) is 2.09. The Kier molecular flexibility index (Phi) is 4.24. The van der Waals surface area contributed by atoms with E-state index in [4.69, 9.17) is 10.5 Å². The second kappa shape index (κ2) is 5.71. The molecular weight excluding hydrogens is 296 g/mol. The summed E-state index contributed by atoms with van der Waals surface area (Å²) in [6, 6.07) is 5.30. The number of methoxy groups -OCH3 is 1. The maximum atomic E-state index is 12.3. The van der Waals surface area contributed by atoms with Crippen molar-refractivity contribution in [2.24, 2.45) is 0 Å². The highest BCUT2D eigenvalue weighted by Crippen LogP contribution is 2.22. The van der Waals surface area contributed by atoms with Crippen LogP contribution in [-0.4, -0.2) is 37.1 Å². The number of carbonyl (C=O) groups excluding carboxylic acids is 1.